The van der Waals surface area contributed by atoms with E-state index in [9.17, 15) is 4.79 Å². The fourth-order valence-electron chi connectivity index (χ4n) is 1.78. The molecule has 0 fully saturated rings. The van der Waals surface area contributed by atoms with Crippen molar-refractivity contribution in [1.29, 1.82) is 0 Å². The number of ether oxygens (including phenoxy) is 1. The molecule has 1 amide bonds. The summed E-state index contributed by atoms with van der Waals surface area (Å²) >= 11 is 0. The van der Waals surface area contributed by atoms with Crippen LogP contribution in [0.2, 0.25) is 0 Å². The molecule has 0 spiro atoms. The summed E-state index contributed by atoms with van der Waals surface area (Å²) in [5, 5.41) is 0. The number of hydrogen-bond acceptors (Lipinski definition) is 3. The zero-order valence-electron chi connectivity index (χ0n) is 11.5. The molecule has 0 aliphatic rings. The second kappa shape index (κ2) is 7.01. The van der Waals surface area contributed by atoms with Crippen LogP contribution in [-0.2, 0) is 11.2 Å². The average Bonchev–Trinajstić information content (AvgIpc) is 2.36. The summed E-state index contributed by atoms with van der Waals surface area (Å²) < 4.78 is 5.38. The number of benzene rings is 1. The number of carbonyl (C=O) groups excluding carboxylic acids is 1. The van der Waals surface area contributed by atoms with Gasteiger partial charge in [-0.1, -0.05) is 26.0 Å². The number of hydrazine groups is 1. The normalized spacial score (nSPS) is 10.5. The van der Waals surface area contributed by atoms with Crippen molar-refractivity contribution in [3.05, 3.63) is 29.3 Å². The van der Waals surface area contributed by atoms with Gasteiger partial charge in [0, 0.05) is 13.5 Å². The number of methoxy groups -OCH3 is 1. The third-order valence-electron chi connectivity index (χ3n) is 2.86. The molecule has 0 radical (unpaired) electrons. The van der Waals surface area contributed by atoms with Gasteiger partial charge in [0.2, 0.25) is 5.91 Å². The predicted molar refractivity (Wildman–Crippen MR) is 72.6 cm³/mol. The second-order valence-electron chi connectivity index (χ2n) is 4.52. The molecule has 4 heteroatoms. The zero-order chi connectivity index (χ0) is 13.5. The Balaban J connectivity index is 2.73. The molecular weight excluding hydrogens is 228 g/mol. The summed E-state index contributed by atoms with van der Waals surface area (Å²) in [5.74, 6) is 1.31. The minimum absolute atomic E-state index is 0.0208. The molecule has 0 aliphatic heterocycles. The molecular formula is C14H22N2O2. The van der Waals surface area contributed by atoms with Gasteiger partial charge in [0.25, 0.3) is 0 Å². The number of hydrogen-bond donors (Lipinski definition) is 2. The van der Waals surface area contributed by atoms with Crippen molar-refractivity contribution < 1.29 is 9.53 Å². The maximum Gasteiger partial charge on any atom is 0.234 e. The van der Waals surface area contributed by atoms with Crippen molar-refractivity contribution in [3.63, 3.8) is 0 Å². The van der Waals surface area contributed by atoms with Gasteiger partial charge in [-0.15, -0.1) is 0 Å². The van der Waals surface area contributed by atoms with Crippen LogP contribution in [0.4, 0.5) is 0 Å². The first-order chi connectivity index (χ1) is 8.58. The number of amides is 1. The van der Waals surface area contributed by atoms with E-state index in [0.29, 0.717) is 18.8 Å². The maximum atomic E-state index is 11.4. The van der Waals surface area contributed by atoms with Crippen molar-refractivity contribution in [2.75, 3.05) is 14.2 Å². The van der Waals surface area contributed by atoms with Crippen LogP contribution in [0.25, 0.3) is 0 Å². The Hall–Kier alpha value is -1.55. The largest absolute Gasteiger partial charge is 0.496 e. The quantitative estimate of drug-likeness (QED) is 0.759. The summed E-state index contributed by atoms with van der Waals surface area (Å²) in [6.07, 6.45) is 1.12. The summed E-state index contributed by atoms with van der Waals surface area (Å²) in [6, 6.07) is 6.19. The van der Waals surface area contributed by atoms with E-state index >= 15 is 0 Å². The molecule has 0 aromatic heterocycles. The smallest absolute Gasteiger partial charge is 0.234 e. The van der Waals surface area contributed by atoms with Crippen molar-refractivity contribution in [1.82, 2.24) is 10.9 Å². The first-order valence-corrected chi connectivity index (χ1v) is 6.21. The van der Waals surface area contributed by atoms with Crippen LogP contribution < -0.4 is 15.6 Å². The molecule has 0 atom stereocenters. The third kappa shape index (κ3) is 4.04. The average molecular weight is 250 g/mol. The van der Waals surface area contributed by atoms with Gasteiger partial charge in [0.05, 0.1) is 7.11 Å². The van der Waals surface area contributed by atoms with E-state index in [1.54, 1.807) is 14.2 Å². The molecule has 0 unspecified atom stereocenters. The summed E-state index contributed by atoms with van der Waals surface area (Å²) in [7, 11) is 3.34. The van der Waals surface area contributed by atoms with Crippen LogP contribution >= 0.6 is 0 Å². The minimum Gasteiger partial charge on any atom is -0.496 e. The van der Waals surface area contributed by atoms with Crippen LogP contribution in [0.15, 0.2) is 18.2 Å². The predicted octanol–water partition coefficient (Wildman–Crippen LogP) is 2.00. The zero-order valence-corrected chi connectivity index (χ0v) is 11.5. The lowest BCUT2D eigenvalue weighted by molar-refractivity contribution is -0.121. The minimum atomic E-state index is -0.0208. The molecule has 0 bridgehead atoms. The Kier molecular flexibility index (Phi) is 5.65. The highest BCUT2D eigenvalue weighted by atomic mass is 16.5. The Morgan fingerprint density at radius 1 is 1.39 bits per heavy atom. The van der Waals surface area contributed by atoms with E-state index < -0.39 is 0 Å². The van der Waals surface area contributed by atoms with Crippen molar-refractivity contribution in [3.8, 4) is 5.75 Å². The number of nitrogens with one attached hydrogen (secondary N) is 2. The third-order valence-corrected chi connectivity index (χ3v) is 2.86. The highest BCUT2D eigenvalue weighted by Crippen LogP contribution is 2.25. The molecule has 1 aromatic carbocycles. The fraction of sp³-hybridized carbons (Fsp3) is 0.500. The fourth-order valence-corrected chi connectivity index (χ4v) is 1.78. The van der Waals surface area contributed by atoms with Crippen LogP contribution in [-0.4, -0.2) is 20.1 Å². The van der Waals surface area contributed by atoms with E-state index in [1.807, 2.05) is 6.07 Å². The van der Waals surface area contributed by atoms with Gasteiger partial charge in [-0.2, -0.15) is 0 Å². The molecule has 1 rings (SSSR count). The SMILES string of the molecule is CNNC(=O)CCc1ccc(C(C)C)cc1OC. The first kappa shape index (κ1) is 14.5. The molecule has 0 aliphatic carbocycles. The number of carbonyl (C=O) groups is 1. The lowest BCUT2D eigenvalue weighted by atomic mass is 9.99. The molecule has 18 heavy (non-hydrogen) atoms. The lowest BCUT2D eigenvalue weighted by Crippen LogP contribution is -2.34. The standard InChI is InChI=1S/C14H22N2O2/c1-10(2)12-6-5-11(13(9-12)18-4)7-8-14(17)16-15-3/h5-6,9-10,15H,7-8H2,1-4H3,(H,16,17). The Morgan fingerprint density at radius 2 is 2.11 bits per heavy atom. The van der Waals surface area contributed by atoms with Crippen molar-refractivity contribution in [2.24, 2.45) is 0 Å². The molecule has 4 nitrogen and oxygen atoms in total. The van der Waals surface area contributed by atoms with Gasteiger partial charge in [-0.05, 0) is 29.5 Å². The summed E-state index contributed by atoms with van der Waals surface area (Å²) in [6.45, 7) is 4.30. The van der Waals surface area contributed by atoms with Gasteiger partial charge in [-0.3, -0.25) is 10.2 Å². The Labute approximate surface area is 109 Å². The molecule has 2 N–H and O–H groups in total. The van der Waals surface area contributed by atoms with E-state index in [0.717, 1.165) is 11.3 Å². The lowest BCUT2D eigenvalue weighted by Gasteiger charge is -2.12. The van der Waals surface area contributed by atoms with Crippen LogP contribution in [0.5, 0.6) is 5.75 Å². The molecule has 0 heterocycles. The number of rotatable bonds is 6. The van der Waals surface area contributed by atoms with Gasteiger partial charge >= 0.3 is 0 Å². The van der Waals surface area contributed by atoms with Crippen LogP contribution in [0.3, 0.4) is 0 Å². The highest BCUT2D eigenvalue weighted by molar-refractivity contribution is 5.75. The second-order valence-corrected chi connectivity index (χ2v) is 4.52. The topological polar surface area (TPSA) is 50.4 Å². The first-order valence-electron chi connectivity index (χ1n) is 6.21. The van der Waals surface area contributed by atoms with Gasteiger partial charge < -0.3 is 4.74 Å². The molecule has 100 valence electrons. The van der Waals surface area contributed by atoms with Crippen molar-refractivity contribution in [2.45, 2.75) is 32.6 Å². The number of aryl methyl sites for hydroxylation is 1. The van der Waals surface area contributed by atoms with E-state index in [2.05, 4.69) is 36.8 Å². The monoisotopic (exact) mass is 250 g/mol. The maximum absolute atomic E-state index is 11.4. The highest BCUT2D eigenvalue weighted by Gasteiger charge is 2.08. The van der Waals surface area contributed by atoms with E-state index in [1.165, 1.54) is 5.56 Å². The summed E-state index contributed by atoms with van der Waals surface area (Å²) in [4.78, 5) is 11.4. The molecule has 1 aromatic rings. The van der Waals surface area contributed by atoms with Crippen LogP contribution in [0, 0.1) is 0 Å². The Morgan fingerprint density at radius 3 is 2.67 bits per heavy atom. The van der Waals surface area contributed by atoms with Gasteiger partial charge in [-0.25, -0.2) is 5.43 Å². The van der Waals surface area contributed by atoms with Gasteiger partial charge in [0.1, 0.15) is 5.75 Å². The molecule has 0 saturated carbocycles. The van der Waals surface area contributed by atoms with E-state index in [4.69, 9.17) is 4.74 Å². The molecule has 0 saturated heterocycles. The van der Waals surface area contributed by atoms with E-state index in [-0.39, 0.29) is 5.91 Å². The Bertz CT molecular complexity index is 403. The summed E-state index contributed by atoms with van der Waals surface area (Å²) in [5.41, 5.74) is 7.49. The van der Waals surface area contributed by atoms with Crippen LogP contribution in [0.1, 0.15) is 37.3 Å². The van der Waals surface area contributed by atoms with Gasteiger partial charge in [0.15, 0.2) is 0 Å². The van der Waals surface area contributed by atoms with Crippen molar-refractivity contribution >= 4 is 5.91 Å².